The van der Waals surface area contributed by atoms with Gasteiger partial charge in [0.2, 0.25) is 11.8 Å². The lowest BCUT2D eigenvalue weighted by Crippen LogP contribution is -2.67. The first-order chi connectivity index (χ1) is 8.83. The number of carbonyl (C=O) groups excluding carboxylic acids is 2. The number of hydrogen-bond acceptors (Lipinski definition) is 3. The number of carbonyl (C=O) groups is 2. The predicted molar refractivity (Wildman–Crippen MR) is 73.7 cm³/mol. The zero-order valence-electron chi connectivity index (χ0n) is 12.7. The monoisotopic (exact) mass is 270 g/mol. The number of nitrogens with one attached hydrogen (secondary N) is 1. The van der Waals surface area contributed by atoms with Crippen LogP contribution in [0.5, 0.6) is 0 Å². The summed E-state index contributed by atoms with van der Waals surface area (Å²) in [4.78, 5) is 26.1. The molecule has 1 aliphatic rings. The van der Waals surface area contributed by atoms with E-state index in [1.54, 1.807) is 12.0 Å². The van der Waals surface area contributed by atoms with E-state index in [1.165, 1.54) is 0 Å². The van der Waals surface area contributed by atoms with E-state index in [4.69, 9.17) is 4.74 Å². The van der Waals surface area contributed by atoms with Crippen LogP contribution in [0.4, 0.5) is 0 Å². The molecule has 1 fully saturated rings. The molecule has 110 valence electrons. The first-order valence-electron chi connectivity index (χ1n) is 6.97. The third kappa shape index (κ3) is 3.08. The first kappa shape index (κ1) is 16.0. The van der Waals surface area contributed by atoms with Crippen LogP contribution in [-0.2, 0) is 14.3 Å². The lowest BCUT2D eigenvalue weighted by Gasteiger charge is -2.45. The maximum absolute atomic E-state index is 12.2. The number of rotatable bonds is 6. The number of methoxy groups -OCH3 is 1. The van der Waals surface area contributed by atoms with Crippen LogP contribution in [0.1, 0.15) is 47.0 Å². The van der Waals surface area contributed by atoms with E-state index < -0.39 is 5.54 Å². The third-order valence-corrected chi connectivity index (χ3v) is 4.30. The summed E-state index contributed by atoms with van der Waals surface area (Å²) in [6, 6.07) is 0. The van der Waals surface area contributed by atoms with Crippen LogP contribution >= 0.6 is 0 Å². The second-order valence-corrected chi connectivity index (χ2v) is 5.68. The number of ether oxygens (including phenoxy) is 1. The largest absolute Gasteiger partial charge is 0.379 e. The summed E-state index contributed by atoms with van der Waals surface area (Å²) in [5, 5.41) is 2.70. The summed E-state index contributed by atoms with van der Waals surface area (Å²) in [5.41, 5.74) is -0.986. The van der Waals surface area contributed by atoms with Gasteiger partial charge in [-0.15, -0.1) is 0 Å². The number of hydrogen-bond donors (Lipinski definition) is 1. The quantitative estimate of drug-likeness (QED) is 0.792. The molecule has 1 N–H and O–H groups in total. The van der Waals surface area contributed by atoms with Gasteiger partial charge in [-0.05, 0) is 33.1 Å². The molecule has 0 bridgehead atoms. The van der Waals surface area contributed by atoms with E-state index in [0.29, 0.717) is 25.8 Å². The van der Waals surface area contributed by atoms with Crippen molar-refractivity contribution in [2.75, 3.05) is 20.2 Å². The van der Waals surface area contributed by atoms with Gasteiger partial charge in [0.25, 0.3) is 0 Å². The minimum Gasteiger partial charge on any atom is -0.379 e. The summed E-state index contributed by atoms with van der Waals surface area (Å²) >= 11 is 0. The Kier molecular flexibility index (Phi) is 4.96. The lowest BCUT2D eigenvalue weighted by atomic mass is 9.86. The Hall–Kier alpha value is -1.10. The highest BCUT2D eigenvalue weighted by Crippen LogP contribution is 2.28. The fraction of sp³-hybridized carbons (Fsp3) is 0.857. The Morgan fingerprint density at radius 3 is 2.37 bits per heavy atom. The van der Waals surface area contributed by atoms with Crippen molar-refractivity contribution in [3.63, 3.8) is 0 Å². The van der Waals surface area contributed by atoms with E-state index in [2.05, 4.69) is 5.32 Å². The average molecular weight is 270 g/mol. The number of nitrogens with zero attached hydrogens (tertiary/aromatic N) is 1. The molecular formula is C14H26N2O3. The molecule has 0 aromatic carbocycles. The van der Waals surface area contributed by atoms with Crippen molar-refractivity contribution in [2.45, 2.75) is 58.1 Å². The van der Waals surface area contributed by atoms with Gasteiger partial charge in [0, 0.05) is 13.7 Å². The van der Waals surface area contributed by atoms with E-state index in [-0.39, 0.29) is 24.0 Å². The number of piperazine rings is 1. The number of amides is 2. The third-order valence-electron chi connectivity index (χ3n) is 4.30. The normalized spacial score (nSPS) is 19.5. The van der Waals surface area contributed by atoms with E-state index in [9.17, 15) is 9.59 Å². The molecule has 0 saturated carbocycles. The molecule has 19 heavy (non-hydrogen) atoms. The van der Waals surface area contributed by atoms with Crippen molar-refractivity contribution in [3.05, 3.63) is 0 Å². The zero-order chi connectivity index (χ0) is 14.7. The Balaban J connectivity index is 2.91. The van der Waals surface area contributed by atoms with Crippen LogP contribution in [0.25, 0.3) is 0 Å². The molecule has 0 atom stereocenters. The zero-order valence-corrected chi connectivity index (χ0v) is 12.7. The highest BCUT2D eigenvalue weighted by atomic mass is 16.5. The summed E-state index contributed by atoms with van der Waals surface area (Å²) < 4.78 is 5.39. The molecule has 0 radical (unpaired) electrons. The molecule has 0 unspecified atom stereocenters. The molecule has 1 heterocycles. The summed E-state index contributed by atoms with van der Waals surface area (Å²) in [6.45, 7) is 8.54. The van der Waals surface area contributed by atoms with Gasteiger partial charge in [0.05, 0.1) is 12.1 Å². The van der Waals surface area contributed by atoms with Gasteiger partial charge in [-0.25, -0.2) is 0 Å². The summed E-state index contributed by atoms with van der Waals surface area (Å²) in [7, 11) is 1.66. The van der Waals surface area contributed by atoms with Crippen molar-refractivity contribution in [1.29, 1.82) is 0 Å². The van der Waals surface area contributed by atoms with Crippen LogP contribution < -0.4 is 5.32 Å². The van der Waals surface area contributed by atoms with Gasteiger partial charge in [0.1, 0.15) is 5.54 Å². The highest BCUT2D eigenvalue weighted by molar-refractivity contribution is 5.97. The second-order valence-electron chi connectivity index (χ2n) is 5.68. The molecule has 5 nitrogen and oxygen atoms in total. The van der Waals surface area contributed by atoms with Crippen LogP contribution in [0.2, 0.25) is 0 Å². The smallest absolute Gasteiger partial charge is 0.246 e. The van der Waals surface area contributed by atoms with Crippen molar-refractivity contribution >= 4 is 11.8 Å². The van der Waals surface area contributed by atoms with Crippen LogP contribution in [0.15, 0.2) is 0 Å². The van der Waals surface area contributed by atoms with E-state index >= 15 is 0 Å². The molecule has 1 rings (SSSR count). The van der Waals surface area contributed by atoms with Crippen molar-refractivity contribution in [3.8, 4) is 0 Å². The highest BCUT2D eigenvalue weighted by Gasteiger charge is 2.46. The molecule has 0 spiro atoms. The lowest BCUT2D eigenvalue weighted by molar-refractivity contribution is -0.155. The molecule has 5 heteroatoms. The minimum atomic E-state index is -0.695. The van der Waals surface area contributed by atoms with Gasteiger partial charge in [-0.2, -0.15) is 0 Å². The Morgan fingerprint density at radius 1 is 1.32 bits per heavy atom. The van der Waals surface area contributed by atoms with Crippen LogP contribution in [0, 0.1) is 0 Å². The molecular weight excluding hydrogens is 244 g/mol. The van der Waals surface area contributed by atoms with Gasteiger partial charge < -0.3 is 15.0 Å². The average Bonchev–Trinajstić information content (AvgIpc) is 2.40. The van der Waals surface area contributed by atoms with Crippen LogP contribution in [-0.4, -0.2) is 48.1 Å². The summed E-state index contributed by atoms with van der Waals surface area (Å²) in [6.07, 6.45) is 1.98. The van der Waals surface area contributed by atoms with E-state index in [1.807, 2.05) is 27.7 Å². The topological polar surface area (TPSA) is 58.6 Å². The molecule has 0 aliphatic carbocycles. The molecule has 0 aromatic heterocycles. The van der Waals surface area contributed by atoms with Crippen molar-refractivity contribution < 1.29 is 14.3 Å². The minimum absolute atomic E-state index is 0.00444. The summed E-state index contributed by atoms with van der Waals surface area (Å²) in [5.74, 6) is -0.0393. The fourth-order valence-corrected chi connectivity index (χ4v) is 2.55. The fourth-order valence-electron chi connectivity index (χ4n) is 2.55. The standard InChI is InChI=1S/C14H26N2O3/c1-6-14(7-2)12(18)15-10-11(17)16(14)9-8-13(3,4)19-5/h6-10H2,1-5H3,(H,15,18). The molecule has 1 saturated heterocycles. The predicted octanol–water partition coefficient (Wildman–Crippen LogP) is 1.32. The SMILES string of the molecule is CCC1(CC)C(=O)NCC(=O)N1CCC(C)(C)OC. The van der Waals surface area contributed by atoms with Gasteiger partial charge >= 0.3 is 0 Å². The van der Waals surface area contributed by atoms with Crippen LogP contribution in [0.3, 0.4) is 0 Å². The van der Waals surface area contributed by atoms with E-state index in [0.717, 1.165) is 0 Å². The Bertz CT molecular complexity index is 349. The Labute approximate surface area is 115 Å². The molecule has 0 aromatic rings. The molecule has 2 amide bonds. The molecule has 1 aliphatic heterocycles. The first-order valence-corrected chi connectivity index (χ1v) is 6.97. The van der Waals surface area contributed by atoms with Crippen molar-refractivity contribution in [2.24, 2.45) is 0 Å². The Morgan fingerprint density at radius 2 is 1.89 bits per heavy atom. The van der Waals surface area contributed by atoms with Gasteiger partial charge in [-0.3, -0.25) is 9.59 Å². The maximum atomic E-state index is 12.2. The maximum Gasteiger partial charge on any atom is 0.246 e. The van der Waals surface area contributed by atoms with Gasteiger partial charge in [0.15, 0.2) is 0 Å². The van der Waals surface area contributed by atoms with Gasteiger partial charge in [-0.1, -0.05) is 13.8 Å². The second kappa shape index (κ2) is 5.90. The van der Waals surface area contributed by atoms with Crippen molar-refractivity contribution in [1.82, 2.24) is 10.2 Å².